The number of methoxy groups -OCH3 is 1. The molecule has 1 aliphatic rings. The molecule has 0 aliphatic carbocycles. The van der Waals surface area contributed by atoms with Crippen LogP contribution in [0.15, 0.2) is 18.3 Å². The molecule has 2 heterocycles. The summed E-state index contributed by atoms with van der Waals surface area (Å²) in [6, 6.07) is 3.02. The van der Waals surface area contributed by atoms with Gasteiger partial charge in [0.25, 0.3) is 5.69 Å². The van der Waals surface area contributed by atoms with Gasteiger partial charge in [-0.1, -0.05) is 0 Å². The van der Waals surface area contributed by atoms with Crippen LogP contribution in [0.2, 0.25) is 0 Å². The zero-order valence-electron chi connectivity index (χ0n) is 10.7. The van der Waals surface area contributed by atoms with E-state index in [1.807, 2.05) is 0 Å². The number of nitrogens with zero attached hydrogens (tertiary/aromatic N) is 2. The number of pyridine rings is 1. The molecule has 0 spiro atoms. The Morgan fingerprint density at radius 1 is 1.68 bits per heavy atom. The summed E-state index contributed by atoms with van der Waals surface area (Å²) in [6.07, 6.45) is 3.35. The van der Waals surface area contributed by atoms with E-state index in [9.17, 15) is 10.1 Å². The number of nitrogens with one attached hydrogen (secondary N) is 1. The van der Waals surface area contributed by atoms with E-state index < -0.39 is 4.92 Å². The summed E-state index contributed by atoms with van der Waals surface area (Å²) in [7, 11) is 1.63. The number of aromatic nitrogens is 1. The molecule has 0 bridgehead atoms. The Hall–Kier alpha value is -1.73. The minimum absolute atomic E-state index is 0.00135. The Balaban J connectivity index is 2.01. The summed E-state index contributed by atoms with van der Waals surface area (Å²) >= 11 is 0. The maximum absolute atomic E-state index is 10.6. The monoisotopic (exact) mass is 267 g/mol. The van der Waals surface area contributed by atoms with Crippen LogP contribution >= 0.6 is 0 Å². The molecule has 0 aromatic carbocycles. The van der Waals surface area contributed by atoms with Crippen molar-refractivity contribution in [2.45, 2.75) is 25.0 Å². The molecule has 19 heavy (non-hydrogen) atoms. The third-order valence-electron chi connectivity index (χ3n) is 3.05. The van der Waals surface area contributed by atoms with E-state index in [1.54, 1.807) is 13.2 Å². The Bertz CT molecular complexity index is 417. The van der Waals surface area contributed by atoms with Gasteiger partial charge in [0.2, 0.25) is 0 Å². The average Bonchev–Trinajstić information content (AvgIpc) is 2.92. The number of ether oxygens (including phenoxy) is 2. The highest BCUT2D eigenvalue weighted by Crippen LogP contribution is 2.19. The molecule has 0 radical (unpaired) electrons. The van der Waals surface area contributed by atoms with Crippen molar-refractivity contribution in [2.75, 3.05) is 25.6 Å². The molecule has 1 fully saturated rings. The van der Waals surface area contributed by atoms with Gasteiger partial charge in [-0.25, -0.2) is 4.98 Å². The van der Waals surface area contributed by atoms with Gasteiger partial charge in [0, 0.05) is 19.8 Å². The van der Waals surface area contributed by atoms with Gasteiger partial charge in [-0.2, -0.15) is 0 Å². The molecule has 0 saturated carbocycles. The molecule has 2 atom stereocenters. The SMILES string of the molecule is COC[C@H](Nc1ccc([N+](=O)[O-])cn1)[C@H]1CCCO1. The number of nitro groups is 1. The quantitative estimate of drug-likeness (QED) is 0.622. The number of hydrogen-bond donors (Lipinski definition) is 1. The van der Waals surface area contributed by atoms with Crippen LogP contribution in [0.4, 0.5) is 11.5 Å². The van der Waals surface area contributed by atoms with Crippen molar-refractivity contribution in [3.63, 3.8) is 0 Å². The number of anilines is 1. The van der Waals surface area contributed by atoms with Crippen LogP contribution in [-0.2, 0) is 9.47 Å². The lowest BCUT2D eigenvalue weighted by molar-refractivity contribution is -0.385. The van der Waals surface area contributed by atoms with Gasteiger partial charge in [-0.3, -0.25) is 10.1 Å². The third-order valence-corrected chi connectivity index (χ3v) is 3.05. The lowest BCUT2D eigenvalue weighted by Crippen LogP contribution is -2.37. The summed E-state index contributed by atoms with van der Waals surface area (Å²) in [6.45, 7) is 1.27. The minimum atomic E-state index is -0.469. The summed E-state index contributed by atoms with van der Waals surface area (Å²) in [5, 5.41) is 13.8. The molecule has 0 amide bonds. The van der Waals surface area contributed by atoms with Crippen LogP contribution in [-0.4, -0.2) is 42.4 Å². The fourth-order valence-electron chi connectivity index (χ4n) is 2.11. The Morgan fingerprint density at radius 3 is 3.05 bits per heavy atom. The van der Waals surface area contributed by atoms with Crippen molar-refractivity contribution in [1.82, 2.24) is 4.98 Å². The molecule has 1 aliphatic heterocycles. The molecule has 1 aromatic rings. The van der Waals surface area contributed by atoms with Crippen LogP contribution in [0.25, 0.3) is 0 Å². The second-order valence-electron chi connectivity index (χ2n) is 4.42. The standard InChI is InChI=1S/C12H17N3O4/c1-18-8-10(11-3-2-6-19-11)14-12-5-4-9(7-13-12)15(16)17/h4-5,7,10-11H,2-3,6,8H2,1H3,(H,13,14)/t10-,11+/m0/s1. The summed E-state index contributed by atoms with van der Waals surface area (Å²) in [5.41, 5.74) is -0.0223. The molecule has 104 valence electrons. The zero-order chi connectivity index (χ0) is 13.7. The van der Waals surface area contributed by atoms with Crippen LogP contribution in [0.3, 0.4) is 0 Å². The first kappa shape index (κ1) is 13.7. The van der Waals surface area contributed by atoms with Crippen LogP contribution < -0.4 is 5.32 Å². The highest BCUT2D eigenvalue weighted by Gasteiger charge is 2.26. The first-order valence-electron chi connectivity index (χ1n) is 6.18. The fraction of sp³-hybridized carbons (Fsp3) is 0.583. The molecule has 2 rings (SSSR count). The smallest absolute Gasteiger partial charge is 0.287 e. The van der Waals surface area contributed by atoms with E-state index >= 15 is 0 Å². The van der Waals surface area contributed by atoms with Crippen molar-refractivity contribution < 1.29 is 14.4 Å². The summed E-state index contributed by atoms with van der Waals surface area (Å²) in [4.78, 5) is 14.1. The Labute approximate surface area is 111 Å². The molecule has 1 saturated heterocycles. The van der Waals surface area contributed by atoms with Gasteiger partial charge in [-0.15, -0.1) is 0 Å². The molecular weight excluding hydrogens is 250 g/mol. The van der Waals surface area contributed by atoms with E-state index in [4.69, 9.17) is 9.47 Å². The van der Waals surface area contributed by atoms with E-state index in [1.165, 1.54) is 12.3 Å². The predicted molar refractivity (Wildman–Crippen MR) is 69.2 cm³/mol. The molecule has 7 nitrogen and oxygen atoms in total. The number of rotatable bonds is 6. The van der Waals surface area contributed by atoms with E-state index in [-0.39, 0.29) is 17.8 Å². The topological polar surface area (TPSA) is 86.5 Å². The molecular formula is C12H17N3O4. The van der Waals surface area contributed by atoms with Crippen molar-refractivity contribution in [3.05, 3.63) is 28.4 Å². The van der Waals surface area contributed by atoms with E-state index in [0.717, 1.165) is 19.4 Å². The Kier molecular flexibility index (Phi) is 4.64. The van der Waals surface area contributed by atoms with Crippen LogP contribution in [0.1, 0.15) is 12.8 Å². The lowest BCUT2D eigenvalue weighted by atomic mass is 10.1. The maximum atomic E-state index is 10.6. The Morgan fingerprint density at radius 2 is 2.53 bits per heavy atom. The van der Waals surface area contributed by atoms with Crippen molar-refractivity contribution in [2.24, 2.45) is 0 Å². The number of hydrogen-bond acceptors (Lipinski definition) is 6. The zero-order valence-corrected chi connectivity index (χ0v) is 10.7. The van der Waals surface area contributed by atoms with Crippen LogP contribution in [0, 0.1) is 10.1 Å². The summed E-state index contributed by atoms with van der Waals surface area (Å²) < 4.78 is 10.8. The van der Waals surface area contributed by atoms with Gasteiger partial charge in [0.15, 0.2) is 0 Å². The first-order chi connectivity index (χ1) is 9.20. The van der Waals surface area contributed by atoms with Crippen molar-refractivity contribution in [3.8, 4) is 0 Å². The second-order valence-corrected chi connectivity index (χ2v) is 4.42. The highest BCUT2D eigenvalue weighted by atomic mass is 16.6. The fourth-order valence-corrected chi connectivity index (χ4v) is 2.11. The van der Waals surface area contributed by atoms with Crippen molar-refractivity contribution in [1.29, 1.82) is 0 Å². The third kappa shape index (κ3) is 3.62. The summed E-state index contributed by atoms with van der Waals surface area (Å²) in [5.74, 6) is 0.586. The highest BCUT2D eigenvalue weighted by molar-refractivity contribution is 5.41. The molecule has 1 aromatic heterocycles. The van der Waals surface area contributed by atoms with Gasteiger partial charge in [0.05, 0.1) is 23.7 Å². The normalized spacial score (nSPS) is 20.2. The average molecular weight is 267 g/mol. The molecule has 1 N–H and O–H groups in total. The molecule has 7 heteroatoms. The minimum Gasteiger partial charge on any atom is -0.382 e. The van der Waals surface area contributed by atoms with Crippen molar-refractivity contribution >= 4 is 11.5 Å². The molecule has 0 unspecified atom stereocenters. The van der Waals surface area contributed by atoms with Gasteiger partial charge in [-0.05, 0) is 18.9 Å². The van der Waals surface area contributed by atoms with E-state index in [0.29, 0.717) is 12.4 Å². The lowest BCUT2D eigenvalue weighted by Gasteiger charge is -2.23. The first-order valence-corrected chi connectivity index (χ1v) is 6.18. The second kappa shape index (κ2) is 6.44. The van der Waals surface area contributed by atoms with Gasteiger partial charge >= 0.3 is 0 Å². The largest absolute Gasteiger partial charge is 0.382 e. The predicted octanol–water partition coefficient (Wildman–Crippen LogP) is 1.60. The van der Waals surface area contributed by atoms with E-state index in [2.05, 4.69) is 10.3 Å². The maximum Gasteiger partial charge on any atom is 0.287 e. The van der Waals surface area contributed by atoms with Crippen LogP contribution in [0.5, 0.6) is 0 Å². The van der Waals surface area contributed by atoms with Gasteiger partial charge < -0.3 is 14.8 Å². The van der Waals surface area contributed by atoms with Gasteiger partial charge in [0.1, 0.15) is 12.0 Å².